The van der Waals surface area contributed by atoms with E-state index in [2.05, 4.69) is 10.6 Å². The van der Waals surface area contributed by atoms with E-state index in [4.69, 9.17) is 25.1 Å². The van der Waals surface area contributed by atoms with Gasteiger partial charge >= 0.3 is 6.09 Å². The Kier molecular flexibility index (Phi) is 16.0. The van der Waals surface area contributed by atoms with E-state index in [9.17, 15) is 15.2 Å². The van der Waals surface area contributed by atoms with E-state index < -0.39 is 6.09 Å². The van der Waals surface area contributed by atoms with Crippen molar-refractivity contribution in [3.63, 3.8) is 0 Å². The Balaban J connectivity index is 3.84. The Morgan fingerprint density at radius 2 is 2.04 bits per heavy atom. The molecule has 0 aliphatic heterocycles. The van der Waals surface area contributed by atoms with Gasteiger partial charge in [-0.25, -0.2) is 4.79 Å². The maximum absolute atomic E-state index is 11.6. The fraction of sp³-hybridized carbons (Fsp3) is 0.933. The zero-order chi connectivity index (χ0) is 21.2. The standard InChI is InChI=1S/C15H34N6O7/c1-14(27-10-9-22)13-26-11-12-28-15(23)17-4-6-20(5-3-16)8-7-19(2)21(25)18-24/h14,22,24H,3-13,16H2,1-2H3,(H,17,23)/p-1/b21-18+. The molecule has 13 nitrogen and oxygen atoms in total. The van der Waals surface area contributed by atoms with Gasteiger partial charge in [0.15, 0.2) is 0 Å². The number of hydrogen-bond donors (Lipinski definition) is 3. The Labute approximate surface area is 165 Å². The van der Waals surface area contributed by atoms with Crippen molar-refractivity contribution < 1.29 is 29.1 Å². The quantitative estimate of drug-likeness (QED) is 0.113. The summed E-state index contributed by atoms with van der Waals surface area (Å²) < 4.78 is 15.5. The first-order chi connectivity index (χ1) is 13.4. The van der Waals surface area contributed by atoms with Crippen LogP contribution in [0.5, 0.6) is 0 Å². The lowest BCUT2D eigenvalue weighted by Gasteiger charge is -2.23. The molecule has 0 rings (SSSR count). The Morgan fingerprint density at radius 3 is 2.68 bits per heavy atom. The molecule has 13 heteroatoms. The minimum Gasteiger partial charge on any atom is -0.737 e. The molecule has 28 heavy (non-hydrogen) atoms. The van der Waals surface area contributed by atoms with E-state index in [-0.39, 0.29) is 44.0 Å². The van der Waals surface area contributed by atoms with Crippen LogP contribution in [0.1, 0.15) is 6.92 Å². The van der Waals surface area contributed by atoms with Gasteiger partial charge in [-0.2, -0.15) is 5.01 Å². The minimum absolute atomic E-state index is 0.0299. The second kappa shape index (κ2) is 17.2. The molecule has 0 bridgehead atoms. The van der Waals surface area contributed by atoms with Gasteiger partial charge in [-0.1, -0.05) is 0 Å². The van der Waals surface area contributed by atoms with Gasteiger partial charge in [0.05, 0.1) is 46.1 Å². The molecule has 0 aliphatic rings. The van der Waals surface area contributed by atoms with Gasteiger partial charge in [-0.3, -0.25) is 4.90 Å². The van der Waals surface area contributed by atoms with Crippen molar-refractivity contribution in [2.45, 2.75) is 13.0 Å². The predicted molar refractivity (Wildman–Crippen MR) is 100 cm³/mol. The largest absolute Gasteiger partial charge is 0.737 e. The van der Waals surface area contributed by atoms with E-state index in [0.29, 0.717) is 39.3 Å². The molecule has 0 heterocycles. The highest BCUT2D eigenvalue weighted by Crippen LogP contribution is 1.93. The van der Waals surface area contributed by atoms with Crippen LogP contribution in [-0.4, -0.2) is 112 Å². The Bertz CT molecular complexity index is 430. The van der Waals surface area contributed by atoms with Gasteiger partial charge in [-0.15, -0.1) is 0 Å². The number of alkyl carbamates (subject to hydrolysis) is 1. The fourth-order valence-electron chi connectivity index (χ4n) is 2.06. The third-order valence-electron chi connectivity index (χ3n) is 3.55. The third kappa shape index (κ3) is 14.2. The first-order valence-electron chi connectivity index (χ1n) is 9.09. The lowest BCUT2D eigenvalue weighted by molar-refractivity contribution is -0.684. The van der Waals surface area contributed by atoms with Gasteiger partial charge in [0.2, 0.25) is 0 Å². The Morgan fingerprint density at radius 1 is 1.29 bits per heavy atom. The summed E-state index contributed by atoms with van der Waals surface area (Å²) in [6.07, 6.45) is -0.710. The van der Waals surface area contributed by atoms with Gasteiger partial charge in [-0.05, 0) is 12.2 Å². The van der Waals surface area contributed by atoms with Gasteiger partial charge in [0, 0.05) is 37.7 Å². The third-order valence-corrected chi connectivity index (χ3v) is 3.55. The normalized spacial score (nSPS) is 12.8. The molecular formula is C15H33N6O7-. The molecule has 0 aliphatic carbocycles. The number of aliphatic hydroxyl groups is 1. The average molecular weight is 409 g/mol. The molecule has 1 unspecified atom stereocenters. The van der Waals surface area contributed by atoms with E-state index >= 15 is 0 Å². The molecule has 0 aromatic heterocycles. The molecule has 0 radical (unpaired) electrons. The fourth-order valence-corrected chi connectivity index (χ4v) is 2.06. The molecule has 0 fully saturated rings. The van der Waals surface area contributed by atoms with Crippen LogP contribution in [-0.2, 0) is 14.2 Å². The topological polar surface area (TPSA) is 171 Å². The predicted octanol–water partition coefficient (Wildman–Crippen LogP) is -1.31. The summed E-state index contributed by atoms with van der Waals surface area (Å²) in [5, 5.41) is 35.9. The number of nitrogens with zero attached hydrogens (tertiary/aromatic N) is 4. The maximum atomic E-state index is 11.6. The smallest absolute Gasteiger partial charge is 0.407 e. The van der Waals surface area contributed by atoms with E-state index in [1.807, 2.05) is 11.8 Å². The number of carbonyl (C=O) groups is 1. The van der Waals surface area contributed by atoms with E-state index in [1.54, 1.807) is 0 Å². The first-order valence-corrected chi connectivity index (χ1v) is 9.09. The summed E-state index contributed by atoms with van der Waals surface area (Å²) in [6, 6.07) is 0. The summed E-state index contributed by atoms with van der Waals surface area (Å²) in [6.45, 7) is 5.31. The van der Waals surface area contributed by atoms with Crippen molar-refractivity contribution in [1.29, 1.82) is 0 Å². The summed E-state index contributed by atoms with van der Waals surface area (Å²) in [5.74, 6) is 0. The van der Waals surface area contributed by atoms with Crippen LogP contribution >= 0.6 is 0 Å². The first kappa shape index (κ1) is 26.1. The lowest BCUT2D eigenvalue weighted by Crippen LogP contribution is -2.42. The molecule has 0 aromatic carbocycles. The van der Waals surface area contributed by atoms with Crippen LogP contribution in [0, 0.1) is 10.4 Å². The summed E-state index contributed by atoms with van der Waals surface area (Å²) in [5.41, 5.74) is 5.55. The SMILES string of the molecule is CC(COCCOC(=O)NCCN(CCN)CCN(C)/[N+]([O-])=N\[O-])OCCO. The highest BCUT2D eigenvalue weighted by atomic mass is 16.6. The van der Waals surface area contributed by atoms with E-state index in [1.165, 1.54) is 7.05 Å². The molecule has 0 aromatic rings. The van der Waals surface area contributed by atoms with Crippen LogP contribution in [0.4, 0.5) is 4.79 Å². The molecular weight excluding hydrogens is 376 g/mol. The molecule has 0 spiro atoms. The van der Waals surface area contributed by atoms with Gasteiger partial charge in [0.1, 0.15) is 6.61 Å². The van der Waals surface area contributed by atoms with Crippen molar-refractivity contribution in [2.75, 3.05) is 79.4 Å². The van der Waals surface area contributed by atoms with Crippen molar-refractivity contribution in [3.8, 4) is 0 Å². The second-order valence-electron chi connectivity index (χ2n) is 5.89. The highest BCUT2D eigenvalue weighted by molar-refractivity contribution is 5.67. The number of hydrogen-bond acceptors (Lipinski definition) is 10. The zero-order valence-electron chi connectivity index (χ0n) is 16.6. The summed E-state index contributed by atoms with van der Waals surface area (Å²) in [4.78, 5) is 13.5. The number of amides is 1. The van der Waals surface area contributed by atoms with Crippen molar-refractivity contribution in [3.05, 3.63) is 10.4 Å². The second-order valence-corrected chi connectivity index (χ2v) is 5.89. The van der Waals surface area contributed by atoms with Crippen LogP contribution in [0.15, 0.2) is 5.28 Å². The van der Waals surface area contributed by atoms with Crippen LogP contribution in [0.3, 0.4) is 0 Å². The number of likely N-dealkylation sites (N-methyl/N-ethyl adjacent to an activating group) is 1. The van der Waals surface area contributed by atoms with Crippen LogP contribution < -0.4 is 11.1 Å². The van der Waals surface area contributed by atoms with E-state index in [0.717, 1.165) is 5.01 Å². The number of carbonyl (C=O) groups excluding carboxylic acids is 1. The number of rotatable bonds is 17. The van der Waals surface area contributed by atoms with Crippen molar-refractivity contribution in [2.24, 2.45) is 11.0 Å². The number of nitrogens with two attached hydrogens (primary N) is 1. The molecule has 1 amide bonds. The molecule has 0 saturated carbocycles. The molecule has 0 saturated heterocycles. The monoisotopic (exact) mass is 409 g/mol. The molecule has 4 N–H and O–H groups in total. The summed E-state index contributed by atoms with van der Waals surface area (Å²) >= 11 is 0. The number of aliphatic hydroxyl groups excluding tert-OH is 1. The minimum atomic E-state index is -0.561. The van der Waals surface area contributed by atoms with Gasteiger partial charge < -0.3 is 40.8 Å². The molecule has 1 atom stereocenters. The lowest BCUT2D eigenvalue weighted by atomic mass is 10.4. The van der Waals surface area contributed by atoms with Gasteiger partial charge in [0.25, 0.3) is 0 Å². The highest BCUT2D eigenvalue weighted by Gasteiger charge is 2.10. The Hall–Kier alpha value is -1.93. The average Bonchev–Trinajstić information content (AvgIpc) is 2.69. The zero-order valence-corrected chi connectivity index (χ0v) is 16.6. The maximum Gasteiger partial charge on any atom is 0.407 e. The number of nitrogens with one attached hydrogen (secondary N) is 1. The summed E-state index contributed by atoms with van der Waals surface area (Å²) in [7, 11) is 1.45. The number of hydrazine groups is 1. The van der Waals surface area contributed by atoms with Crippen LogP contribution in [0.25, 0.3) is 0 Å². The van der Waals surface area contributed by atoms with Crippen molar-refractivity contribution in [1.82, 2.24) is 15.2 Å². The van der Waals surface area contributed by atoms with Crippen LogP contribution in [0.2, 0.25) is 0 Å². The number of ether oxygens (including phenoxy) is 3. The molecule has 166 valence electrons. The van der Waals surface area contributed by atoms with Crippen molar-refractivity contribution >= 4 is 6.09 Å².